The molecule has 0 radical (unpaired) electrons. The lowest BCUT2D eigenvalue weighted by molar-refractivity contribution is -0.135. The maximum Gasteiger partial charge on any atom is 0.264 e. The van der Waals surface area contributed by atoms with Crippen LogP contribution in [0, 0.1) is 0 Å². The van der Waals surface area contributed by atoms with Crippen molar-refractivity contribution in [2.24, 2.45) is 0 Å². The van der Waals surface area contributed by atoms with Crippen molar-refractivity contribution in [1.82, 2.24) is 4.57 Å². The summed E-state index contributed by atoms with van der Waals surface area (Å²) in [6.07, 6.45) is 5.13. The number of aliphatic hydroxyl groups is 1. The molecule has 0 aliphatic carbocycles. The number of benzene rings is 2. The monoisotopic (exact) mass is 372 g/mol. The van der Waals surface area contributed by atoms with Crippen LogP contribution in [0.4, 0.5) is 5.69 Å². The normalized spacial score (nSPS) is 18.2. The molecule has 1 atom stereocenters. The Bertz CT molecular complexity index is 1040. The molecule has 1 aromatic heterocycles. The molecule has 0 saturated heterocycles. The van der Waals surface area contributed by atoms with Gasteiger partial charge in [-0.1, -0.05) is 24.3 Å². The maximum atomic E-state index is 12.9. The van der Waals surface area contributed by atoms with Crippen LogP contribution < -0.4 is 4.90 Å². The molecule has 5 nitrogen and oxygen atoms in total. The molecule has 0 fully saturated rings. The summed E-state index contributed by atoms with van der Waals surface area (Å²) in [6.45, 7) is 3.95. The van der Waals surface area contributed by atoms with E-state index in [4.69, 9.17) is 0 Å². The third-order valence-electron chi connectivity index (χ3n) is 5.06. The van der Waals surface area contributed by atoms with Crippen molar-refractivity contribution in [3.05, 3.63) is 96.8 Å². The quantitative estimate of drug-likeness (QED) is 0.532. The van der Waals surface area contributed by atoms with Crippen molar-refractivity contribution in [2.75, 3.05) is 11.4 Å². The number of amides is 1. The number of ketones is 1. The van der Waals surface area contributed by atoms with Gasteiger partial charge in [0.1, 0.15) is 0 Å². The molecule has 5 heteroatoms. The van der Waals surface area contributed by atoms with Crippen LogP contribution in [0.3, 0.4) is 0 Å². The van der Waals surface area contributed by atoms with Gasteiger partial charge in [0.15, 0.2) is 11.4 Å². The van der Waals surface area contributed by atoms with Gasteiger partial charge in [0.05, 0.1) is 12.1 Å². The fourth-order valence-corrected chi connectivity index (χ4v) is 3.65. The van der Waals surface area contributed by atoms with Crippen LogP contribution in [-0.2, 0) is 10.4 Å². The third kappa shape index (κ3) is 2.86. The fourth-order valence-electron chi connectivity index (χ4n) is 3.65. The van der Waals surface area contributed by atoms with Crippen molar-refractivity contribution in [3.63, 3.8) is 0 Å². The van der Waals surface area contributed by atoms with Gasteiger partial charge < -0.3 is 14.6 Å². The van der Waals surface area contributed by atoms with Gasteiger partial charge in [0.2, 0.25) is 0 Å². The second-order valence-corrected chi connectivity index (χ2v) is 6.82. The van der Waals surface area contributed by atoms with Crippen molar-refractivity contribution >= 4 is 17.4 Å². The molecule has 140 valence electrons. The van der Waals surface area contributed by atoms with E-state index in [1.807, 2.05) is 41.2 Å². The average Bonchev–Trinajstić information content (AvgIpc) is 3.32. The number of aromatic nitrogens is 1. The second kappa shape index (κ2) is 6.94. The molecule has 2 heterocycles. The molecule has 1 aliphatic rings. The lowest BCUT2D eigenvalue weighted by Crippen LogP contribution is -2.41. The van der Waals surface area contributed by atoms with Gasteiger partial charge in [0.25, 0.3) is 5.91 Å². The first kappa shape index (κ1) is 17.9. The molecule has 0 saturated carbocycles. The van der Waals surface area contributed by atoms with Crippen molar-refractivity contribution < 1.29 is 14.7 Å². The van der Waals surface area contributed by atoms with Gasteiger partial charge in [-0.3, -0.25) is 9.59 Å². The largest absolute Gasteiger partial charge is 0.375 e. The molecule has 0 bridgehead atoms. The van der Waals surface area contributed by atoms with E-state index < -0.39 is 11.5 Å². The minimum Gasteiger partial charge on any atom is -0.375 e. The summed E-state index contributed by atoms with van der Waals surface area (Å²) >= 11 is 0. The molecule has 0 unspecified atom stereocenters. The van der Waals surface area contributed by atoms with Gasteiger partial charge in [-0.2, -0.15) is 0 Å². The highest BCUT2D eigenvalue weighted by Gasteiger charge is 2.50. The number of anilines is 1. The van der Waals surface area contributed by atoms with Gasteiger partial charge in [0, 0.05) is 35.8 Å². The number of para-hydroxylation sites is 1. The summed E-state index contributed by atoms with van der Waals surface area (Å²) in [5.41, 5.74) is 0.594. The van der Waals surface area contributed by atoms with Crippen LogP contribution in [0.2, 0.25) is 0 Å². The summed E-state index contributed by atoms with van der Waals surface area (Å²) in [7, 11) is 0. The number of hydrogen-bond donors (Lipinski definition) is 1. The predicted molar refractivity (Wildman–Crippen MR) is 108 cm³/mol. The number of Topliss-reactive ketones (excluding diaryl/α,β-unsaturated/α-hetero) is 1. The number of carbonyl (C=O) groups excluding carboxylic acids is 2. The Morgan fingerprint density at radius 3 is 2.39 bits per heavy atom. The first-order valence-electron chi connectivity index (χ1n) is 9.06. The third-order valence-corrected chi connectivity index (χ3v) is 5.06. The topological polar surface area (TPSA) is 62.5 Å². The average molecular weight is 372 g/mol. The summed E-state index contributed by atoms with van der Waals surface area (Å²) < 4.78 is 1.94. The minimum absolute atomic E-state index is 0.276. The zero-order chi connectivity index (χ0) is 19.7. The highest BCUT2D eigenvalue weighted by Crippen LogP contribution is 2.42. The maximum absolute atomic E-state index is 12.9. The van der Waals surface area contributed by atoms with Gasteiger partial charge in [-0.15, -0.1) is 6.58 Å². The summed E-state index contributed by atoms with van der Waals surface area (Å²) in [5.74, 6) is -0.781. The zero-order valence-electron chi connectivity index (χ0n) is 15.3. The van der Waals surface area contributed by atoms with E-state index >= 15 is 0 Å². The Balaban J connectivity index is 1.62. The molecule has 3 aromatic rings. The molecule has 0 spiro atoms. The Morgan fingerprint density at radius 1 is 1.04 bits per heavy atom. The molecule has 1 N–H and O–H groups in total. The number of fused-ring (bicyclic) bond motifs is 1. The Hall–Kier alpha value is -3.44. The van der Waals surface area contributed by atoms with Crippen LogP contribution in [0.25, 0.3) is 5.69 Å². The number of nitrogens with zero attached hydrogens (tertiary/aromatic N) is 2. The molecular weight excluding hydrogens is 352 g/mol. The molecular formula is C23H20N2O3. The minimum atomic E-state index is -1.87. The fraction of sp³-hybridized carbons (Fsp3) is 0.130. The van der Waals surface area contributed by atoms with E-state index in [1.54, 1.807) is 42.5 Å². The van der Waals surface area contributed by atoms with Crippen molar-refractivity contribution in [3.8, 4) is 5.69 Å². The van der Waals surface area contributed by atoms with E-state index in [0.717, 1.165) is 5.69 Å². The van der Waals surface area contributed by atoms with Crippen molar-refractivity contribution in [1.29, 1.82) is 0 Å². The SMILES string of the molecule is C=CCN1C(=O)[C@@](O)(CC(=O)c2ccc(-n3cccc3)cc2)c2ccccc21. The lowest BCUT2D eigenvalue weighted by Gasteiger charge is -2.22. The van der Waals surface area contributed by atoms with Crippen molar-refractivity contribution in [2.45, 2.75) is 12.0 Å². The Morgan fingerprint density at radius 2 is 1.71 bits per heavy atom. The molecule has 2 aromatic carbocycles. The smallest absolute Gasteiger partial charge is 0.264 e. The van der Waals surface area contributed by atoms with Crippen LogP contribution in [0.15, 0.2) is 85.7 Å². The van der Waals surface area contributed by atoms with E-state index in [0.29, 0.717) is 16.8 Å². The predicted octanol–water partition coefficient (Wildman–Crippen LogP) is 3.47. The van der Waals surface area contributed by atoms with Crippen LogP contribution in [-0.4, -0.2) is 27.9 Å². The lowest BCUT2D eigenvalue weighted by atomic mass is 9.88. The van der Waals surface area contributed by atoms with E-state index in [2.05, 4.69) is 6.58 Å². The number of rotatable bonds is 6. The van der Waals surface area contributed by atoms with Crippen LogP contribution in [0.1, 0.15) is 22.3 Å². The van der Waals surface area contributed by atoms with Crippen LogP contribution in [0.5, 0.6) is 0 Å². The molecule has 4 rings (SSSR count). The summed E-state index contributed by atoms with van der Waals surface area (Å²) in [6, 6.07) is 18.0. The van der Waals surface area contributed by atoms with E-state index in [-0.39, 0.29) is 18.7 Å². The molecule has 1 amide bonds. The van der Waals surface area contributed by atoms with Crippen LogP contribution >= 0.6 is 0 Å². The van der Waals surface area contributed by atoms with E-state index in [9.17, 15) is 14.7 Å². The second-order valence-electron chi connectivity index (χ2n) is 6.82. The number of hydrogen-bond acceptors (Lipinski definition) is 3. The summed E-state index contributed by atoms with van der Waals surface area (Å²) in [5, 5.41) is 11.2. The first-order valence-corrected chi connectivity index (χ1v) is 9.06. The van der Waals surface area contributed by atoms with E-state index in [1.165, 1.54) is 4.90 Å². The van der Waals surface area contributed by atoms with Gasteiger partial charge in [-0.25, -0.2) is 0 Å². The zero-order valence-corrected chi connectivity index (χ0v) is 15.3. The van der Waals surface area contributed by atoms with Gasteiger partial charge >= 0.3 is 0 Å². The Kier molecular flexibility index (Phi) is 4.45. The molecule has 1 aliphatic heterocycles. The highest BCUT2D eigenvalue weighted by atomic mass is 16.3. The molecule has 28 heavy (non-hydrogen) atoms. The number of carbonyl (C=O) groups is 2. The Labute approximate surface area is 163 Å². The first-order chi connectivity index (χ1) is 13.5. The summed E-state index contributed by atoms with van der Waals surface area (Å²) in [4.78, 5) is 27.3. The highest BCUT2D eigenvalue weighted by molar-refractivity contribution is 6.10. The standard InChI is InChI=1S/C23H20N2O3/c1-2-13-25-20-8-4-3-7-19(20)23(28,22(25)27)16-21(26)17-9-11-18(12-10-17)24-14-5-6-15-24/h2-12,14-15,28H,1,13,16H2/t23-/m1/s1. The van der Waals surface area contributed by atoms with Gasteiger partial charge in [-0.05, 0) is 42.5 Å².